The third-order valence-corrected chi connectivity index (χ3v) is 4.04. The number of piperazine rings is 1. The van der Waals surface area contributed by atoms with Crippen molar-refractivity contribution in [3.8, 4) is 0 Å². The summed E-state index contributed by atoms with van der Waals surface area (Å²) in [7, 11) is 0. The van der Waals surface area contributed by atoms with Crippen molar-refractivity contribution >= 4 is 5.91 Å². The summed E-state index contributed by atoms with van der Waals surface area (Å²) in [6.45, 7) is 9.59. The van der Waals surface area contributed by atoms with Gasteiger partial charge in [-0.1, -0.05) is 0 Å². The Morgan fingerprint density at radius 1 is 1.26 bits per heavy atom. The highest BCUT2D eigenvalue weighted by atomic mass is 16.6. The Balaban J connectivity index is 1.84. The number of rotatable bonds is 3. The largest absolute Gasteiger partial charge is 0.376 e. The van der Waals surface area contributed by atoms with Gasteiger partial charge < -0.3 is 20.1 Å². The van der Waals surface area contributed by atoms with Gasteiger partial charge in [0.25, 0.3) is 5.91 Å². The molecule has 2 aliphatic heterocycles. The lowest BCUT2D eigenvalue weighted by Gasteiger charge is -2.44. The van der Waals surface area contributed by atoms with Gasteiger partial charge in [0, 0.05) is 38.3 Å². The monoisotopic (exact) mass is 271 g/mol. The van der Waals surface area contributed by atoms with E-state index in [2.05, 4.69) is 18.7 Å². The van der Waals surface area contributed by atoms with E-state index < -0.39 is 6.10 Å². The fraction of sp³-hybridized carbons (Fsp3) is 0.923. The lowest BCUT2D eigenvalue weighted by Crippen LogP contribution is -2.59. The van der Waals surface area contributed by atoms with E-state index >= 15 is 0 Å². The van der Waals surface area contributed by atoms with Crippen LogP contribution in [0.3, 0.4) is 0 Å². The van der Waals surface area contributed by atoms with Gasteiger partial charge in [0.15, 0.2) is 6.10 Å². The minimum absolute atomic E-state index is 0.000410. The fourth-order valence-corrected chi connectivity index (χ4v) is 2.50. The van der Waals surface area contributed by atoms with Gasteiger partial charge in [-0.3, -0.25) is 9.69 Å². The van der Waals surface area contributed by atoms with E-state index in [-0.39, 0.29) is 11.4 Å². The van der Waals surface area contributed by atoms with Crippen LogP contribution in [0.15, 0.2) is 0 Å². The number of nitrogens with two attached hydrogens (primary N) is 1. The molecule has 2 fully saturated rings. The van der Waals surface area contributed by atoms with Gasteiger partial charge >= 0.3 is 0 Å². The van der Waals surface area contributed by atoms with Crippen molar-refractivity contribution in [2.24, 2.45) is 5.73 Å². The van der Waals surface area contributed by atoms with Crippen LogP contribution in [0.5, 0.6) is 0 Å². The van der Waals surface area contributed by atoms with E-state index in [0.717, 1.165) is 26.2 Å². The lowest BCUT2D eigenvalue weighted by atomic mass is 10.0. The molecule has 1 atom stereocenters. The molecular formula is C13H25N3O3. The second kappa shape index (κ2) is 6.17. The Morgan fingerprint density at radius 2 is 1.95 bits per heavy atom. The standard InChI is InChI=1S/C13H25N3O3/c1-13(2,10-14)16-5-3-15(4-6-16)12(17)11-9-18-7-8-19-11/h11H,3-10,14H2,1-2H3. The van der Waals surface area contributed by atoms with Crippen LogP contribution >= 0.6 is 0 Å². The summed E-state index contributed by atoms with van der Waals surface area (Å²) >= 11 is 0. The topological polar surface area (TPSA) is 68.0 Å². The van der Waals surface area contributed by atoms with Crippen LogP contribution in [0.25, 0.3) is 0 Å². The molecule has 0 aromatic heterocycles. The minimum Gasteiger partial charge on any atom is -0.376 e. The van der Waals surface area contributed by atoms with Gasteiger partial charge in [-0.2, -0.15) is 0 Å². The molecule has 0 aromatic carbocycles. The average Bonchev–Trinajstić information content (AvgIpc) is 2.47. The summed E-state index contributed by atoms with van der Waals surface area (Å²) in [5.41, 5.74) is 5.79. The lowest BCUT2D eigenvalue weighted by molar-refractivity contribution is -0.160. The zero-order valence-corrected chi connectivity index (χ0v) is 11.9. The van der Waals surface area contributed by atoms with Crippen LogP contribution in [0.4, 0.5) is 0 Å². The summed E-state index contributed by atoms with van der Waals surface area (Å²) < 4.78 is 10.7. The number of nitrogens with zero attached hydrogens (tertiary/aromatic N) is 2. The normalized spacial score (nSPS) is 26.5. The van der Waals surface area contributed by atoms with E-state index in [9.17, 15) is 4.79 Å². The Labute approximate surface area is 114 Å². The molecule has 110 valence electrons. The first-order chi connectivity index (χ1) is 9.04. The third kappa shape index (κ3) is 3.45. The highest BCUT2D eigenvalue weighted by molar-refractivity contribution is 5.81. The molecule has 0 radical (unpaired) electrons. The molecule has 1 unspecified atom stereocenters. The summed E-state index contributed by atoms with van der Waals surface area (Å²) in [5, 5.41) is 0. The van der Waals surface area contributed by atoms with Gasteiger partial charge in [0.1, 0.15) is 0 Å². The van der Waals surface area contributed by atoms with Crippen LogP contribution in [-0.4, -0.2) is 79.9 Å². The zero-order chi connectivity index (χ0) is 13.9. The second-order valence-corrected chi connectivity index (χ2v) is 5.76. The number of hydrogen-bond acceptors (Lipinski definition) is 5. The van der Waals surface area contributed by atoms with Gasteiger partial charge in [0.2, 0.25) is 0 Å². The molecule has 1 amide bonds. The molecule has 0 aliphatic carbocycles. The molecule has 6 heteroatoms. The number of carbonyl (C=O) groups is 1. The smallest absolute Gasteiger partial charge is 0.254 e. The highest BCUT2D eigenvalue weighted by Gasteiger charge is 2.33. The van der Waals surface area contributed by atoms with Gasteiger partial charge in [-0.25, -0.2) is 0 Å². The predicted molar refractivity (Wildman–Crippen MR) is 71.8 cm³/mol. The number of ether oxygens (including phenoxy) is 2. The molecule has 2 aliphatic rings. The highest BCUT2D eigenvalue weighted by Crippen LogP contribution is 2.16. The molecule has 0 aromatic rings. The van der Waals surface area contributed by atoms with E-state index in [1.807, 2.05) is 4.90 Å². The summed E-state index contributed by atoms with van der Waals surface area (Å²) in [4.78, 5) is 16.5. The van der Waals surface area contributed by atoms with Crippen molar-refractivity contribution in [3.05, 3.63) is 0 Å². The number of carbonyl (C=O) groups excluding carboxylic acids is 1. The number of amides is 1. The second-order valence-electron chi connectivity index (χ2n) is 5.76. The van der Waals surface area contributed by atoms with Crippen molar-refractivity contribution in [2.45, 2.75) is 25.5 Å². The first-order valence-corrected chi connectivity index (χ1v) is 6.98. The molecule has 2 N–H and O–H groups in total. The van der Waals surface area contributed by atoms with Gasteiger partial charge in [0.05, 0.1) is 19.8 Å². The van der Waals surface area contributed by atoms with Crippen molar-refractivity contribution in [2.75, 3.05) is 52.5 Å². The third-order valence-electron chi connectivity index (χ3n) is 4.04. The molecule has 2 saturated heterocycles. The van der Waals surface area contributed by atoms with Crippen LogP contribution < -0.4 is 5.73 Å². The molecular weight excluding hydrogens is 246 g/mol. The van der Waals surface area contributed by atoms with Gasteiger partial charge in [-0.15, -0.1) is 0 Å². The molecule has 0 saturated carbocycles. The first kappa shape index (κ1) is 14.7. The Kier molecular flexibility index (Phi) is 4.78. The summed E-state index contributed by atoms with van der Waals surface area (Å²) in [6.07, 6.45) is -0.414. The van der Waals surface area contributed by atoms with Crippen LogP contribution in [-0.2, 0) is 14.3 Å². The molecule has 0 bridgehead atoms. The van der Waals surface area contributed by atoms with Crippen LogP contribution in [0, 0.1) is 0 Å². The first-order valence-electron chi connectivity index (χ1n) is 6.98. The molecule has 6 nitrogen and oxygen atoms in total. The average molecular weight is 271 g/mol. The van der Waals surface area contributed by atoms with Crippen LogP contribution in [0.1, 0.15) is 13.8 Å². The molecule has 0 spiro atoms. The van der Waals surface area contributed by atoms with E-state index in [0.29, 0.717) is 26.4 Å². The Hall–Kier alpha value is -0.690. The molecule has 2 rings (SSSR count). The quantitative estimate of drug-likeness (QED) is 0.734. The summed E-state index contributed by atoms with van der Waals surface area (Å²) in [5.74, 6) is 0.0601. The maximum atomic E-state index is 12.3. The van der Waals surface area contributed by atoms with E-state index in [1.165, 1.54) is 0 Å². The van der Waals surface area contributed by atoms with E-state index in [1.54, 1.807) is 0 Å². The predicted octanol–water partition coefficient (Wildman–Crippen LogP) is -0.717. The van der Waals surface area contributed by atoms with Crippen molar-refractivity contribution in [1.29, 1.82) is 0 Å². The van der Waals surface area contributed by atoms with Crippen molar-refractivity contribution < 1.29 is 14.3 Å². The Morgan fingerprint density at radius 3 is 2.47 bits per heavy atom. The van der Waals surface area contributed by atoms with Crippen molar-refractivity contribution in [1.82, 2.24) is 9.80 Å². The van der Waals surface area contributed by atoms with E-state index in [4.69, 9.17) is 15.2 Å². The zero-order valence-electron chi connectivity index (χ0n) is 11.9. The minimum atomic E-state index is -0.414. The molecule has 2 heterocycles. The SMILES string of the molecule is CC(C)(CN)N1CCN(C(=O)C2COCCO2)CC1. The number of hydrogen-bond donors (Lipinski definition) is 1. The van der Waals surface area contributed by atoms with Gasteiger partial charge in [-0.05, 0) is 13.8 Å². The Bertz CT molecular complexity index is 308. The van der Waals surface area contributed by atoms with Crippen molar-refractivity contribution in [3.63, 3.8) is 0 Å². The maximum absolute atomic E-state index is 12.3. The fourth-order valence-electron chi connectivity index (χ4n) is 2.50. The summed E-state index contributed by atoms with van der Waals surface area (Å²) in [6, 6.07) is 0. The molecule has 19 heavy (non-hydrogen) atoms. The maximum Gasteiger partial charge on any atom is 0.254 e. The van der Waals surface area contributed by atoms with Crippen LogP contribution in [0.2, 0.25) is 0 Å².